The SMILES string of the molecule is Cc1[nH]c(=O)c2ccccc2c1CN1CCc2ccccc2C1. The summed E-state index contributed by atoms with van der Waals surface area (Å²) in [5.74, 6) is 0. The van der Waals surface area contributed by atoms with Crippen LogP contribution in [0, 0.1) is 6.92 Å². The number of fused-ring (bicyclic) bond motifs is 2. The van der Waals surface area contributed by atoms with Crippen LogP contribution in [-0.2, 0) is 19.5 Å². The molecule has 0 bridgehead atoms. The second-order valence-electron chi connectivity index (χ2n) is 6.33. The molecule has 23 heavy (non-hydrogen) atoms. The van der Waals surface area contributed by atoms with E-state index < -0.39 is 0 Å². The predicted octanol–water partition coefficient (Wildman–Crippen LogP) is 3.39. The Morgan fingerprint density at radius 3 is 2.52 bits per heavy atom. The molecule has 116 valence electrons. The maximum Gasteiger partial charge on any atom is 0.256 e. The first-order chi connectivity index (χ1) is 11.2. The highest BCUT2D eigenvalue weighted by atomic mass is 16.1. The molecule has 0 unspecified atom stereocenters. The second kappa shape index (κ2) is 5.67. The van der Waals surface area contributed by atoms with Gasteiger partial charge >= 0.3 is 0 Å². The lowest BCUT2D eigenvalue weighted by Crippen LogP contribution is -2.30. The van der Waals surface area contributed by atoms with Crippen molar-refractivity contribution in [3.8, 4) is 0 Å². The fourth-order valence-electron chi connectivity index (χ4n) is 3.58. The Kier molecular flexibility index (Phi) is 3.50. The highest BCUT2D eigenvalue weighted by molar-refractivity contribution is 5.85. The molecular weight excluding hydrogens is 284 g/mol. The summed E-state index contributed by atoms with van der Waals surface area (Å²) in [5, 5.41) is 1.86. The number of nitrogens with zero attached hydrogens (tertiary/aromatic N) is 1. The Hall–Kier alpha value is -2.39. The van der Waals surface area contributed by atoms with E-state index in [1.165, 1.54) is 16.7 Å². The summed E-state index contributed by atoms with van der Waals surface area (Å²) < 4.78 is 0. The Bertz CT molecular complexity index is 926. The van der Waals surface area contributed by atoms with Crippen molar-refractivity contribution in [2.45, 2.75) is 26.4 Å². The van der Waals surface area contributed by atoms with Gasteiger partial charge in [0, 0.05) is 30.7 Å². The first-order valence-electron chi connectivity index (χ1n) is 8.12. The lowest BCUT2D eigenvalue weighted by Gasteiger charge is -2.29. The molecular formula is C20H20N2O. The molecule has 0 amide bonds. The molecule has 0 radical (unpaired) electrons. The number of H-pyrrole nitrogens is 1. The highest BCUT2D eigenvalue weighted by Gasteiger charge is 2.18. The van der Waals surface area contributed by atoms with E-state index in [4.69, 9.17) is 0 Å². The first-order valence-corrected chi connectivity index (χ1v) is 8.12. The summed E-state index contributed by atoms with van der Waals surface area (Å²) >= 11 is 0. The zero-order valence-electron chi connectivity index (χ0n) is 13.3. The first kappa shape index (κ1) is 14.2. The van der Waals surface area contributed by atoms with E-state index in [1.807, 2.05) is 25.1 Å². The van der Waals surface area contributed by atoms with Crippen molar-refractivity contribution in [2.75, 3.05) is 6.54 Å². The number of hydrogen-bond donors (Lipinski definition) is 1. The fourth-order valence-corrected chi connectivity index (χ4v) is 3.58. The van der Waals surface area contributed by atoms with Crippen molar-refractivity contribution >= 4 is 10.8 Å². The smallest absolute Gasteiger partial charge is 0.256 e. The van der Waals surface area contributed by atoms with E-state index in [0.29, 0.717) is 0 Å². The number of hydrogen-bond acceptors (Lipinski definition) is 2. The molecule has 0 spiro atoms. The molecule has 4 rings (SSSR count). The minimum absolute atomic E-state index is 0.00541. The monoisotopic (exact) mass is 304 g/mol. The number of aromatic amines is 1. The van der Waals surface area contributed by atoms with Crippen LogP contribution in [0.3, 0.4) is 0 Å². The number of aromatic nitrogens is 1. The van der Waals surface area contributed by atoms with Gasteiger partial charge < -0.3 is 4.98 Å². The van der Waals surface area contributed by atoms with Gasteiger partial charge in [-0.1, -0.05) is 42.5 Å². The molecule has 0 aliphatic carbocycles. The minimum atomic E-state index is 0.00541. The summed E-state index contributed by atoms with van der Waals surface area (Å²) in [6.45, 7) is 4.91. The lowest BCUT2D eigenvalue weighted by atomic mass is 9.98. The average Bonchev–Trinajstić information content (AvgIpc) is 2.58. The number of aryl methyl sites for hydroxylation is 1. The van der Waals surface area contributed by atoms with Crippen molar-refractivity contribution in [1.82, 2.24) is 9.88 Å². The zero-order valence-corrected chi connectivity index (χ0v) is 13.3. The summed E-state index contributed by atoms with van der Waals surface area (Å²) in [7, 11) is 0. The van der Waals surface area contributed by atoms with Crippen molar-refractivity contribution in [1.29, 1.82) is 0 Å². The van der Waals surface area contributed by atoms with Crippen LogP contribution < -0.4 is 5.56 Å². The topological polar surface area (TPSA) is 36.1 Å². The van der Waals surface area contributed by atoms with E-state index in [9.17, 15) is 4.79 Å². The molecule has 2 heterocycles. The van der Waals surface area contributed by atoms with Crippen LogP contribution in [-0.4, -0.2) is 16.4 Å². The fraction of sp³-hybridized carbons (Fsp3) is 0.250. The van der Waals surface area contributed by atoms with Crippen LogP contribution in [0.25, 0.3) is 10.8 Å². The highest BCUT2D eigenvalue weighted by Crippen LogP contribution is 2.24. The third-order valence-corrected chi connectivity index (χ3v) is 4.84. The van der Waals surface area contributed by atoms with Gasteiger partial charge in [0.15, 0.2) is 0 Å². The van der Waals surface area contributed by atoms with Gasteiger partial charge in [0.2, 0.25) is 0 Å². The standard InChI is InChI=1S/C20H20N2O/c1-14-19(17-8-4-5-9-18(17)20(23)21-14)13-22-11-10-15-6-2-3-7-16(15)12-22/h2-9H,10-13H2,1H3,(H,21,23). The predicted molar refractivity (Wildman–Crippen MR) is 93.6 cm³/mol. The van der Waals surface area contributed by atoms with E-state index in [2.05, 4.69) is 40.2 Å². The number of pyridine rings is 1. The normalized spacial score (nSPS) is 14.8. The van der Waals surface area contributed by atoms with Gasteiger partial charge in [-0.05, 0) is 41.5 Å². The van der Waals surface area contributed by atoms with Gasteiger partial charge in [0.25, 0.3) is 5.56 Å². The van der Waals surface area contributed by atoms with Gasteiger partial charge in [0.1, 0.15) is 0 Å². The van der Waals surface area contributed by atoms with Crippen molar-refractivity contribution < 1.29 is 0 Å². The Labute approximate surface area is 135 Å². The molecule has 3 aromatic rings. The molecule has 1 aliphatic rings. The van der Waals surface area contributed by atoms with Gasteiger partial charge in [0.05, 0.1) is 0 Å². The molecule has 3 nitrogen and oxygen atoms in total. The van der Waals surface area contributed by atoms with Gasteiger partial charge in [-0.25, -0.2) is 0 Å². The van der Waals surface area contributed by atoms with E-state index in [-0.39, 0.29) is 5.56 Å². The summed E-state index contributed by atoms with van der Waals surface area (Å²) in [4.78, 5) is 17.6. The zero-order chi connectivity index (χ0) is 15.8. The lowest BCUT2D eigenvalue weighted by molar-refractivity contribution is 0.245. The van der Waals surface area contributed by atoms with Crippen molar-refractivity contribution in [3.05, 3.63) is 81.3 Å². The molecule has 0 atom stereocenters. The molecule has 3 heteroatoms. The van der Waals surface area contributed by atoms with E-state index in [0.717, 1.165) is 42.5 Å². The van der Waals surface area contributed by atoms with Crippen molar-refractivity contribution in [2.24, 2.45) is 0 Å². The Morgan fingerprint density at radius 2 is 1.70 bits per heavy atom. The number of nitrogens with one attached hydrogen (secondary N) is 1. The Balaban J connectivity index is 1.70. The van der Waals surface area contributed by atoms with E-state index in [1.54, 1.807) is 0 Å². The quantitative estimate of drug-likeness (QED) is 0.788. The second-order valence-corrected chi connectivity index (χ2v) is 6.33. The third kappa shape index (κ3) is 2.57. The molecule has 1 aromatic heterocycles. The van der Waals surface area contributed by atoms with Crippen molar-refractivity contribution in [3.63, 3.8) is 0 Å². The van der Waals surface area contributed by atoms with Gasteiger partial charge in [-0.15, -0.1) is 0 Å². The maximum atomic E-state index is 12.1. The van der Waals surface area contributed by atoms with Crippen LogP contribution in [0.2, 0.25) is 0 Å². The van der Waals surface area contributed by atoms with Crippen LogP contribution in [0.5, 0.6) is 0 Å². The maximum absolute atomic E-state index is 12.1. The summed E-state index contributed by atoms with van der Waals surface area (Å²) in [5.41, 5.74) is 5.11. The largest absolute Gasteiger partial charge is 0.326 e. The van der Waals surface area contributed by atoms with E-state index >= 15 is 0 Å². The van der Waals surface area contributed by atoms with Gasteiger partial charge in [-0.3, -0.25) is 9.69 Å². The average molecular weight is 304 g/mol. The van der Waals surface area contributed by atoms with Crippen LogP contribution in [0.15, 0.2) is 53.3 Å². The molecule has 2 aromatic carbocycles. The molecule has 0 saturated heterocycles. The summed E-state index contributed by atoms with van der Waals surface area (Å²) in [6.07, 6.45) is 1.09. The summed E-state index contributed by atoms with van der Waals surface area (Å²) in [6, 6.07) is 16.6. The van der Waals surface area contributed by atoms with Gasteiger partial charge in [-0.2, -0.15) is 0 Å². The Morgan fingerprint density at radius 1 is 1.00 bits per heavy atom. The number of rotatable bonds is 2. The molecule has 1 N–H and O–H groups in total. The minimum Gasteiger partial charge on any atom is -0.326 e. The van der Waals surface area contributed by atoms with Crippen LogP contribution in [0.4, 0.5) is 0 Å². The molecule has 0 saturated carbocycles. The van der Waals surface area contributed by atoms with Crippen LogP contribution in [0.1, 0.15) is 22.4 Å². The molecule has 1 aliphatic heterocycles. The number of benzene rings is 2. The third-order valence-electron chi connectivity index (χ3n) is 4.84. The molecule has 0 fully saturated rings. The van der Waals surface area contributed by atoms with Crippen LogP contribution >= 0.6 is 0 Å².